The number of thiocarbonyl (C=S) groups is 1. The normalized spacial score (nSPS) is 19.1. The van der Waals surface area contributed by atoms with Crippen LogP contribution in [0.2, 0.25) is 0 Å². The summed E-state index contributed by atoms with van der Waals surface area (Å²) in [5.74, 6) is -0.0380. The minimum absolute atomic E-state index is 0.0380. The number of nitrogens with zero attached hydrogens (tertiary/aromatic N) is 1. The highest BCUT2D eigenvalue weighted by Crippen LogP contribution is 2.32. The molecule has 1 amide bonds. The number of fused-ring (bicyclic) bond motifs is 1. The third-order valence-corrected chi connectivity index (χ3v) is 4.12. The SMILES string of the molecule is COCCN1C(=S)NC(=O)C[C@@H]1c1c[nH]c2ccccc12. The van der Waals surface area contributed by atoms with E-state index in [-0.39, 0.29) is 11.9 Å². The van der Waals surface area contributed by atoms with Crippen molar-refractivity contribution >= 4 is 34.1 Å². The molecule has 1 fully saturated rings. The number of carbonyl (C=O) groups excluding carboxylic acids is 1. The lowest BCUT2D eigenvalue weighted by atomic mass is 9.99. The summed E-state index contributed by atoms with van der Waals surface area (Å²) in [6.45, 7) is 1.22. The maximum Gasteiger partial charge on any atom is 0.228 e. The number of amides is 1. The lowest BCUT2D eigenvalue weighted by Gasteiger charge is -2.37. The van der Waals surface area contributed by atoms with Crippen LogP contribution in [-0.4, -0.2) is 41.2 Å². The summed E-state index contributed by atoms with van der Waals surface area (Å²) in [7, 11) is 1.66. The first-order valence-electron chi connectivity index (χ1n) is 6.86. The van der Waals surface area contributed by atoms with Crippen molar-refractivity contribution in [2.75, 3.05) is 20.3 Å². The van der Waals surface area contributed by atoms with Gasteiger partial charge in [0.1, 0.15) is 0 Å². The Morgan fingerprint density at radius 2 is 2.24 bits per heavy atom. The summed E-state index contributed by atoms with van der Waals surface area (Å²) in [6.07, 6.45) is 2.36. The van der Waals surface area contributed by atoms with Crippen LogP contribution in [-0.2, 0) is 9.53 Å². The molecule has 0 spiro atoms. The van der Waals surface area contributed by atoms with Gasteiger partial charge in [0.05, 0.1) is 19.1 Å². The molecule has 6 heteroatoms. The van der Waals surface area contributed by atoms with E-state index in [0.29, 0.717) is 24.7 Å². The summed E-state index contributed by atoms with van der Waals surface area (Å²) >= 11 is 5.32. The number of H-pyrrole nitrogens is 1. The van der Waals surface area contributed by atoms with Crippen molar-refractivity contribution in [1.29, 1.82) is 0 Å². The van der Waals surface area contributed by atoms with Gasteiger partial charge in [-0.05, 0) is 18.3 Å². The molecule has 2 N–H and O–H groups in total. The fraction of sp³-hybridized carbons (Fsp3) is 0.333. The van der Waals surface area contributed by atoms with E-state index in [1.165, 1.54) is 0 Å². The van der Waals surface area contributed by atoms with Crippen molar-refractivity contribution in [2.45, 2.75) is 12.5 Å². The molecule has 2 aromatic rings. The second-order valence-corrected chi connectivity index (χ2v) is 5.44. The monoisotopic (exact) mass is 303 g/mol. The summed E-state index contributed by atoms with van der Waals surface area (Å²) < 4.78 is 5.15. The van der Waals surface area contributed by atoms with Crippen LogP contribution in [0.1, 0.15) is 18.0 Å². The minimum atomic E-state index is -0.0578. The zero-order valence-corrected chi connectivity index (χ0v) is 12.6. The number of aromatic amines is 1. The van der Waals surface area contributed by atoms with Crippen LogP contribution in [0.15, 0.2) is 30.5 Å². The Balaban J connectivity index is 1.99. The number of hydrogen-bond donors (Lipinski definition) is 2. The molecule has 21 heavy (non-hydrogen) atoms. The van der Waals surface area contributed by atoms with Gasteiger partial charge in [0.25, 0.3) is 0 Å². The van der Waals surface area contributed by atoms with E-state index in [0.717, 1.165) is 16.5 Å². The van der Waals surface area contributed by atoms with Crippen LogP contribution in [0.4, 0.5) is 0 Å². The number of para-hydroxylation sites is 1. The third-order valence-electron chi connectivity index (χ3n) is 3.78. The van der Waals surface area contributed by atoms with Crippen molar-refractivity contribution in [1.82, 2.24) is 15.2 Å². The third kappa shape index (κ3) is 2.64. The van der Waals surface area contributed by atoms with Gasteiger partial charge in [0.2, 0.25) is 5.91 Å². The number of ether oxygens (including phenoxy) is 1. The Kier molecular flexibility index (Phi) is 3.90. The molecular weight excluding hydrogens is 286 g/mol. The van der Waals surface area contributed by atoms with Gasteiger partial charge in [-0.3, -0.25) is 4.79 Å². The van der Waals surface area contributed by atoms with Gasteiger partial charge in [0, 0.05) is 36.3 Å². The number of hydrogen-bond acceptors (Lipinski definition) is 3. The molecule has 5 nitrogen and oxygen atoms in total. The molecule has 0 unspecified atom stereocenters. The molecule has 0 bridgehead atoms. The molecule has 0 aliphatic carbocycles. The Hall–Kier alpha value is -1.92. The number of aromatic nitrogens is 1. The molecule has 1 saturated heterocycles. The molecule has 110 valence electrons. The average Bonchev–Trinajstić information content (AvgIpc) is 2.89. The van der Waals surface area contributed by atoms with E-state index in [9.17, 15) is 4.79 Å². The van der Waals surface area contributed by atoms with E-state index in [1.807, 2.05) is 29.3 Å². The first-order valence-corrected chi connectivity index (χ1v) is 7.27. The molecule has 1 aromatic carbocycles. The molecule has 1 aliphatic rings. The maximum atomic E-state index is 11.9. The largest absolute Gasteiger partial charge is 0.383 e. The van der Waals surface area contributed by atoms with Gasteiger partial charge in [-0.15, -0.1) is 0 Å². The lowest BCUT2D eigenvalue weighted by Crippen LogP contribution is -2.51. The summed E-state index contributed by atoms with van der Waals surface area (Å²) in [6, 6.07) is 8.02. The Bertz CT molecular complexity index is 682. The van der Waals surface area contributed by atoms with Gasteiger partial charge in [-0.1, -0.05) is 18.2 Å². The van der Waals surface area contributed by atoms with E-state index in [4.69, 9.17) is 17.0 Å². The predicted molar refractivity (Wildman–Crippen MR) is 85.0 cm³/mol. The lowest BCUT2D eigenvalue weighted by molar-refractivity contribution is -0.122. The molecule has 1 atom stereocenters. The number of benzene rings is 1. The second kappa shape index (κ2) is 5.83. The van der Waals surface area contributed by atoms with Crippen LogP contribution in [0.3, 0.4) is 0 Å². The number of nitrogens with one attached hydrogen (secondary N) is 2. The second-order valence-electron chi connectivity index (χ2n) is 5.05. The first kappa shape index (κ1) is 14.0. The quantitative estimate of drug-likeness (QED) is 0.848. The highest BCUT2D eigenvalue weighted by molar-refractivity contribution is 7.80. The van der Waals surface area contributed by atoms with Crippen LogP contribution < -0.4 is 5.32 Å². The molecule has 3 rings (SSSR count). The summed E-state index contributed by atoms with van der Waals surface area (Å²) in [5.41, 5.74) is 2.16. The van der Waals surface area contributed by atoms with E-state index < -0.39 is 0 Å². The summed E-state index contributed by atoms with van der Waals surface area (Å²) in [4.78, 5) is 17.2. The molecule has 1 aliphatic heterocycles. The highest BCUT2D eigenvalue weighted by Gasteiger charge is 2.32. The molecule has 2 heterocycles. The van der Waals surface area contributed by atoms with Gasteiger partial charge in [-0.25, -0.2) is 0 Å². The predicted octanol–water partition coefficient (Wildman–Crippen LogP) is 1.96. The van der Waals surface area contributed by atoms with Crippen LogP contribution in [0, 0.1) is 0 Å². The summed E-state index contributed by atoms with van der Waals surface area (Å²) in [5, 5.41) is 4.33. The minimum Gasteiger partial charge on any atom is -0.383 e. The Morgan fingerprint density at radius 3 is 3.05 bits per heavy atom. The Labute approximate surface area is 128 Å². The zero-order chi connectivity index (χ0) is 14.8. The standard InChI is InChI=1S/C15H17N3O2S/c1-20-7-6-18-13(8-14(19)17-15(18)21)11-9-16-12-5-3-2-4-10(11)12/h2-5,9,13,16H,6-8H2,1H3,(H,17,19,21)/t13-/m1/s1. The zero-order valence-electron chi connectivity index (χ0n) is 11.8. The molecule has 0 radical (unpaired) electrons. The van der Waals surface area contributed by atoms with E-state index in [1.54, 1.807) is 7.11 Å². The fourth-order valence-electron chi connectivity index (χ4n) is 2.76. The van der Waals surface area contributed by atoms with E-state index in [2.05, 4.69) is 16.4 Å². The van der Waals surface area contributed by atoms with Crippen LogP contribution >= 0.6 is 12.2 Å². The maximum absolute atomic E-state index is 11.9. The van der Waals surface area contributed by atoms with Crippen molar-refractivity contribution in [3.63, 3.8) is 0 Å². The average molecular weight is 303 g/mol. The number of rotatable bonds is 4. The van der Waals surface area contributed by atoms with Gasteiger partial charge in [0.15, 0.2) is 5.11 Å². The van der Waals surface area contributed by atoms with Gasteiger partial charge >= 0.3 is 0 Å². The number of carbonyl (C=O) groups is 1. The van der Waals surface area contributed by atoms with Crippen molar-refractivity contribution in [2.24, 2.45) is 0 Å². The first-order chi connectivity index (χ1) is 10.2. The Morgan fingerprint density at radius 1 is 1.43 bits per heavy atom. The molecular formula is C15H17N3O2S. The van der Waals surface area contributed by atoms with Crippen LogP contribution in [0.25, 0.3) is 10.9 Å². The topological polar surface area (TPSA) is 57.4 Å². The number of methoxy groups -OCH3 is 1. The van der Waals surface area contributed by atoms with E-state index >= 15 is 0 Å². The van der Waals surface area contributed by atoms with Gasteiger partial charge in [-0.2, -0.15) is 0 Å². The van der Waals surface area contributed by atoms with Crippen molar-refractivity contribution in [3.05, 3.63) is 36.0 Å². The molecule has 1 aromatic heterocycles. The highest BCUT2D eigenvalue weighted by atomic mass is 32.1. The fourth-order valence-corrected chi connectivity index (χ4v) is 3.10. The van der Waals surface area contributed by atoms with Crippen molar-refractivity contribution in [3.8, 4) is 0 Å². The smallest absolute Gasteiger partial charge is 0.228 e. The molecule has 0 saturated carbocycles. The van der Waals surface area contributed by atoms with Crippen LogP contribution in [0.5, 0.6) is 0 Å². The van der Waals surface area contributed by atoms with Crippen molar-refractivity contribution < 1.29 is 9.53 Å². The van der Waals surface area contributed by atoms with Gasteiger partial charge < -0.3 is 19.9 Å².